The van der Waals surface area contributed by atoms with Crippen molar-refractivity contribution in [2.45, 2.75) is 36.9 Å². The van der Waals surface area contributed by atoms with E-state index in [-0.39, 0.29) is 16.0 Å². The summed E-state index contributed by atoms with van der Waals surface area (Å²) in [6.07, 6.45) is 3.27. The molecular weight excluding hydrogens is 438 g/mol. The molecule has 1 aliphatic heterocycles. The lowest BCUT2D eigenvalue weighted by Crippen LogP contribution is -2.42. The lowest BCUT2D eigenvalue weighted by atomic mass is 9.97. The molecule has 164 valence electrons. The molecule has 3 aromatic rings. The number of aromatic nitrogens is 3. The first-order chi connectivity index (χ1) is 15.0. The maximum absolute atomic E-state index is 13.0. The van der Waals surface area contributed by atoms with Crippen LogP contribution in [0.3, 0.4) is 0 Å². The predicted octanol–water partition coefficient (Wildman–Crippen LogP) is 2.47. The first kappa shape index (κ1) is 21.6. The summed E-state index contributed by atoms with van der Waals surface area (Å²) in [6, 6.07) is 7.12. The van der Waals surface area contributed by atoms with Crippen LogP contribution in [-0.4, -0.2) is 46.8 Å². The molecule has 1 saturated heterocycles. The summed E-state index contributed by atoms with van der Waals surface area (Å²) in [5.41, 5.74) is 1.41. The molecule has 0 aromatic carbocycles. The van der Waals surface area contributed by atoms with E-state index in [9.17, 15) is 13.2 Å². The number of hydrogen-bond acceptors (Lipinski definition) is 8. The van der Waals surface area contributed by atoms with Crippen LogP contribution in [-0.2, 0) is 27.8 Å². The fraction of sp³-hybridized carbons (Fsp3) is 0.400. The SMILES string of the molecule is CCc1nc(-c2csc(S(=O)(=O)N3CCC(C(=O)NCc4ccccn4)CC3)c2)no1. The summed E-state index contributed by atoms with van der Waals surface area (Å²) in [4.78, 5) is 20.9. The minimum Gasteiger partial charge on any atom is -0.350 e. The zero-order valence-corrected chi connectivity index (χ0v) is 18.7. The standard InChI is InChI=1S/C20H23N5O4S2/c1-2-17-23-19(24-29-17)15-11-18(30-13-15)31(27,28)25-9-6-14(7-10-25)20(26)22-12-16-5-3-4-8-21-16/h3-5,8,11,13-14H,2,6-7,9-10,12H2,1H3,(H,22,26). The number of nitrogens with zero attached hydrogens (tertiary/aromatic N) is 4. The molecule has 1 N–H and O–H groups in total. The van der Waals surface area contributed by atoms with E-state index in [4.69, 9.17) is 4.52 Å². The van der Waals surface area contributed by atoms with Gasteiger partial charge in [-0.2, -0.15) is 9.29 Å². The van der Waals surface area contributed by atoms with Gasteiger partial charge in [0, 0.05) is 42.6 Å². The van der Waals surface area contributed by atoms with E-state index in [2.05, 4.69) is 20.4 Å². The van der Waals surface area contributed by atoms with Gasteiger partial charge in [-0.1, -0.05) is 18.1 Å². The van der Waals surface area contributed by atoms with Crippen molar-refractivity contribution in [1.82, 2.24) is 24.7 Å². The molecule has 4 rings (SSSR count). The quantitative estimate of drug-likeness (QED) is 0.574. The summed E-state index contributed by atoms with van der Waals surface area (Å²) in [6.45, 7) is 2.88. The van der Waals surface area contributed by atoms with Crippen molar-refractivity contribution in [2.75, 3.05) is 13.1 Å². The van der Waals surface area contributed by atoms with Gasteiger partial charge in [0.15, 0.2) is 0 Å². The number of piperidine rings is 1. The molecule has 1 amide bonds. The van der Waals surface area contributed by atoms with Crippen LogP contribution in [0.5, 0.6) is 0 Å². The van der Waals surface area contributed by atoms with Crippen LogP contribution >= 0.6 is 11.3 Å². The summed E-state index contributed by atoms with van der Waals surface area (Å²) in [5, 5.41) is 8.51. The van der Waals surface area contributed by atoms with Crippen molar-refractivity contribution in [3.05, 3.63) is 47.4 Å². The van der Waals surface area contributed by atoms with Gasteiger partial charge in [-0.3, -0.25) is 9.78 Å². The minimum atomic E-state index is -3.63. The summed E-state index contributed by atoms with van der Waals surface area (Å²) in [7, 11) is -3.63. The maximum atomic E-state index is 13.0. The van der Waals surface area contributed by atoms with Crippen LogP contribution < -0.4 is 5.32 Å². The Morgan fingerprint density at radius 3 is 2.81 bits per heavy atom. The highest BCUT2D eigenvalue weighted by molar-refractivity contribution is 7.91. The number of pyridine rings is 1. The molecule has 9 nitrogen and oxygen atoms in total. The first-order valence-corrected chi connectivity index (χ1v) is 12.4. The number of aryl methyl sites for hydroxylation is 1. The van der Waals surface area contributed by atoms with Gasteiger partial charge in [-0.15, -0.1) is 11.3 Å². The van der Waals surface area contributed by atoms with E-state index in [1.165, 1.54) is 4.31 Å². The van der Waals surface area contributed by atoms with E-state index >= 15 is 0 Å². The van der Waals surface area contributed by atoms with Crippen molar-refractivity contribution < 1.29 is 17.7 Å². The Morgan fingerprint density at radius 2 is 2.13 bits per heavy atom. The third-order valence-corrected chi connectivity index (χ3v) is 8.51. The maximum Gasteiger partial charge on any atom is 0.252 e. The highest BCUT2D eigenvalue weighted by Crippen LogP contribution is 2.31. The van der Waals surface area contributed by atoms with Gasteiger partial charge in [0.1, 0.15) is 4.21 Å². The monoisotopic (exact) mass is 461 g/mol. The van der Waals surface area contributed by atoms with Gasteiger partial charge in [0.25, 0.3) is 10.0 Å². The zero-order chi connectivity index (χ0) is 21.8. The van der Waals surface area contributed by atoms with Gasteiger partial charge in [0.05, 0.1) is 12.2 Å². The van der Waals surface area contributed by atoms with Crippen LogP contribution in [0.4, 0.5) is 0 Å². The molecule has 0 spiro atoms. The Bertz CT molecular complexity index is 1140. The number of sulfonamides is 1. The Labute approximate surface area is 184 Å². The van der Waals surface area contributed by atoms with Gasteiger partial charge in [-0.25, -0.2) is 8.42 Å². The Kier molecular flexibility index (Phi) is 6.44. The molecule has 4 heterocycles. The number of carbonyl (C=O) groups excluding carboxylic acids is 1. The molecule has 0 atom stereocenters. The van der Waals surface area contributed by atoms with Gasteiger partial charge < -0.3 is 9.84 Å². The molecule has 0 radical (unpaired) electrons. The number of amides is 1. The van der Waals surface area contributed by atoms with Crippen molar-refractivity contribution in [3.63, 3.8) is 0 Å². The normalized spacial score (nSPS) is 15.8. The van der Waals surface area contributed by atoms with E-state index in [1.807, 2.05) is 25.1 Å². The lowest BCUT2D eigenvalue weighted by molar-refractivity contribution is -0.126. The molecule has 0 aliphatic carbocycles. The minimum absolute atomic E-state index is 0.0649. The van der Waals surface area contributed by atoms with Gasteiger partial charge in [-0.05, 0) is 31.0 Å². The van der Waals surface area contributed by atoms with Crippen molar-refractivity contribution in [3.8, 4) is 11.4 Å². The molecule has 11 heteroatoms. The molecule has 0 saturated carbocycles. The molecular formula is C20H23N5O4S2. The third kappa shape index (κ3) is 4.83. The average Bonchev–Trinajstić information content (AvgIpc) is 3.48. The predicted molar refractivity (Wildman–Crippen MR) is 115 cm³/mol. The third-order valence-electron chi connectivity index (χ3n) is 5.19. The second kappa shape index (κ2) is 9.25. The summed E-state index contributed by atoms with van der Waals surface area (Å²) < 4.78 is 32.9. The van der Waals surface area contributed by atoms with E-state index in [0.29, 0.717) is 56.2 Å². The van der Waals surface area contributed by atoms with Crippen LogP contribution in [0.15, 0.2) is 44.6 Å². The molecule has 3 aromatic heterocycles. The Morgan fingerprint density at radius 1 is 1.32 bits per heavy atom. The van der Waals surface area contributed by atoms with Crippen LogP contribution in [0.25, 0.3) is 11.4 Å². The van der Waals surface area contributed by atoms with Gasteiger partial charge >= 0.3 is 0 Å². The van der Waals surface area contributed by atoms with Crippen LogP contribution in [0.1, 0.15) is 31.4 Å². The first-order valence-electron chi connectivity index (χ1n) is 10.1. The lowest BCUT2D eigenvalue weighted by Gasteiger charge is -2.30. The molecule has 0 bridgehead atoms. The highest BCUT2D eigenvalue weighted by Gasteiger charge is 2.33. The fourth-order valence-electron chi connectivity index (χ4n) is 3.40. The zero-order valence-electron chi connectivity index (χ0n) is 17.0. The number of nitrogens with one attached hydrogen (secondary N) is 1. The number of hydrogen-bond donors (Lipinski definition) is 1. The fourth-order valence-corrected chi connectivity index (χ4v) is 6.18. The smallest absolute Gasteiger partial charge is 0.252 e. The second-order valence-corrected chi connectivity index (χ2v) is 10.3. The van der Waals surface area contributed by atoms with E-state index in [0.717, 1.165) is 17.0 Å². The van der Waals surface area contributed by atoms with Gasteiger partial charge in [0.2, 0.25) is 17.6 Å². The summed E-state index contributed by atoms with van der Waals surface area (Å²) >= 11 is 1.14. The summed E-state index contributed by atoms with van der Waals surface area (Å²) in [5.74, 6) is 0.623. The average molecular weight is 462 g/mol. The second-order valence-electron chi connectivity index (χ2n) is 7.24. The highest BCUT2D eigenvalue weighted by atomic mass is 32.2. The molecule has 31 heavy (non-hydrogen) atoms. The van der Waals surface area contributed by atoms with Crippen molar-refractivity contribution >= 4 is 27.3 Å². The van der Waals surface area contributed by atoms with E-state index in [1.54, 1.807) is 17.6 Å². The van der Waals surface area contributed by atoms with E-state index < -0.39 is 10.0 Å². The Balaban J connectivity index is 1.35. The topological polar surface area (TPSA) is 118 Å². The molecule has 0 unspecified atom stereocenters. The number of carbonyl (C=O) groups is 1. The van der Waals surface area contributed by atoms with Crippen molar-refractivity contribution in [1.29, 1.82) is 0 Å². The molecule has 1 aliphatic rings. The number of rotatable bonds is 7. The van der Waals surface area contributed by atoms with Crippen LogP contribution in [0, 0.1) is 5.92 Å². The largest absolute Gasteiger partial charge is 0.350 e. The van der Waals surface area contributed by atoms with Crippen molar-refractivity contribution in [2.24, 2.45) is 5.92 Å². The van der Waals surface area contributed by atoms with Crippen LogP contribution in [0.2, 0.25) is 0 Å². The molecule has 1 fully saturated rings. The Hall–Kier alpha value is -2.63. The number of thiophene rings is 1.